The second-order valence-electron chi connectivity index (χ2n) is 5.91. The summed E-state index contributed by atoms with van der Waals surface area (Å²) in [7, 11) is 2.87. The molecule has 3 aromatic rings. The molecule has 27 heavy (non-hydrogen) atoms. The predicted molar refractivity (Wildman–Crippen MR) is 99.0 cm³/mol. The Morgan fingerprint density at radius 1 is 1.11 bits per heavy atom. The summed E-state index contributed by atoms with van der Waals surface area (Å²) in [6, 6.07) is 13.7. The van der Waals surface area contributed by atoms with Crippen LogP contribution < -0.4 is 9.47 Å². The minimum absolute atomic E-state index is 0.0662. The standard InChI is InChI=1S/C20H19NO6/c1-25-19-11-15(16(21(23)24)12-20(19)26-2)10-17(22)13-5-7-14(8-6-13)18-4-3-9-27-18/h3-9,11-12,17,22H,10H2,1-2H3. The number of nitro groups is 1. The van der Waals surface area contributed by atoms with Gasteiger partial charge in [-0.25, -0.2) is 0 Å². The third-order valence-electron chi connectivity index (χ3n) is 4.30. The summed E-state index contributed by atoms with van der Waals surface area (Å²) in [5, 5.41) is 22.0. The molecule has 0 saturated heterocycles. The first kappa shape index (κ1) is 18.5. The van der Waals surface area contributed by atoms with Gasteiger partial charge in [0.2, 0.25) is 0 Å². The van der Waals surface area contributed by atoms with E-state index in [1.54, 1.807) is 24.5 Å². The first-order valence-corrected chi connectivity index (χ1v) is 8.24. The number of aliphatic hydroxyl groups excluding tert-OH is 1. The molecule has 0 spiro atoms. The second-order valence-corrected chi connectivity index (χ2v) is 5.91. The van der Waals surface area contributed by atoms with E-state index in [-0.39, 0.29) is 17.9 Å². The van der Waals surface area contributed by atoms with Crippen LogP contribution in [-0.4, -0.2) is 24.2 Å². The molecule has 3 rings (SSSR count). The fourth-order valence-electron chi connectivity index (χ4n) is 2.88. The predicted octanol–water partition coefficient (Wildman–Crippen LogP) is 4.15. The SMILES string of the molecule is COc1cc(CC(O)c2ccc(-c3ccco3)cc2)c([N+](=O)[O-])cc1OC. The molecule has 7 nitrogen and oxygen atoms in total. The molecule has 0 fully saturated rings. The largest absolute Gasteiger partial charge is 0.493 e. The van der Waals surface area contributed by atoms with Crippen LogP contribution in [0.3, 0.4) is 0 Å². The van der Waals surface area contributed by atoms with Gasteiger partial charge >= 0.3 is 0 Å². The molecule has 7 heteroatoms. The van der Waals surface area contributed by atoms with Crippen molar-refractivity contribution < 1.29 is 23.9 Å². The maximum absolute atomic E-state index is 11.4. The molecule has 1 unspecified atom stereocenters. The van der Waals surface area contributed by atoms with E-state index in [1.807, 2.05) is 18.2 Å². The molecule has 1 N–H and O–H groups in total. The Bertz CT molecular complexity index is 918. The van der Waals surface area contributed by atoms with E-state index in [2.05, 4.69) is 0 Å². The Kier molecular flexibility index (Phi) is 5.42. The van der Waals surface area contributed by atoms with Crippen molar-refractivity contribution in [3.05, 3.63) is 76.0 Å². The number of aliphatic hydroxyl groups is 1. The number of furan rings is 1. The zero-order valence-electron chi connectivity index (χ0n) is 14.9. The molecule has 1 aromatic heterocycles. The number of ether oxygens (including phenoxy) is 2. The van der Waals surface area contributed by atoms with Gasteiger partial charge in [-0.05, 0) is 23.8 Å². The van der Waals surface area contributed by atoms with Crippen LogP contribution in [0.2, 0.25) is 0 Å². The monoisotopic (exact) mass is 369 g/mol. The van der Waals surface area contributed by atoms with Gasteiger partial charge in [-0.15, -0.1) is 0 Å². The number of hydrogen-bond donors (Lipinski definition) is 1. The van der Waals surface area contributed by atoms with E-state index < -0.39 is 11.0 Å². The summed E-state index contributed by atoms with van der Waals surface area (Å²) in [5.74, 6) is 1.37. The van der Waals surface area contributed by atoms with E-state index in [0.717, 1.165) is 11.3 Å². The van der Waals surface area contributed by atoms with Crippen molar-refractivity contribution >= 4 is 5.69 Å². The summed E-state index contributed by atoms with van der Waals surface area (Å²) < 4.78 is 15.7. The van der Waals surface area contributed by atoms with Gasteiger partial charge in [0.25, 0.3) is 5.69 Å². The zero-order chi connectivity index (χ0) is 19.4. The summed E-state index contributed by atoms with van der Waals surface area (Å²) in [6.07, 6.45) is 0.748. The van der Waals surface area contributed by atoms with Crippen LogP contribution in [0.5, 0.6) is 11.5 Å². The molecule has 0 aliphatic carbocycles. The highest BCUT2D eigenvalue weighted by molar-refractivity contribution is 5.58. The van der Waals surface area contributed by atoms with Gasteiger partial charge in [0, 0.05) is 17.5 Å². The van der Waals surface area contributed by atoms with Crippen molar-refractivity contribution in [1.82, 2.24) is 0 Å². The number of benzene rings is 2. The van der Waals surface area contributed by atoms with Gasteiger partial charge in [0.05, 0.1) is 37.6 Å². The second kappa shape index (κ2) is 7.92. The Balaban J connectivity index is 1.86. The summed E-state index contributed by atoms with van der Waals surface area (Å²) in [5.41, 5.74) is 1.77. The molecule has 2 aromatic carbocycles. The first-order valence-electron chi connectivity index (χ1n) is 8.24. The van der Waals surface area contributed by atoms with Gasteiger partial charge in [-0.2, -0.15) is 0 Å². The molecule has 1 heterocycles. The highest BCUT2D eigenvalue weighted by atomic mass is 16.6. The summed E-state index contributed by atoms with van der Waals surface area (Å²) in [4.78, 5) is 10.9. The lowest BCUT2D eigenvalue weighted by atomic mass is 9.98. The van der Waals surface area contributed by atoms with Crippen molar-refractivity contribution in [3.8, 4) is 22.8 Å². The number of methoxy groups -OCH3 is 2. The van der Waals surface area contributed by atoms with Crippen molar-refractivity contribution in [3.63, 3.8) is 0 Å². The van der Waals surface area contributed by atoms with E-state index in [4.69, 9.17) is 13.9 Å². The summed E-state index contributed by atoms with van der Waals surface area (Å²) >= 11 is 0. The molecule has 140 valence electrons. The third kappa shape index (κ3) is 3.93. The molecular formula is C20H19NO6. The minimum Gasteiger partial charge on any atom is -0.493 e. The highest BCUT2D eigenvalue weighted by Crippen LogP contribution is 2.36. The average molecular weight is 369 g/mol. The molecule has 0 saturated carbocycles. The summed E-state index contributed by atoms with van der Waals surface area (Å²) in [6.45, 7) is 0. The number of nitrogens with zero attached hydrogens (tertiary/aromatic N) is 1. The molecule has 1 atom stereocenters. The van der Waals surface area contributed by atoms with Gasteiger partial charge in [-0.1, -0.05) is 24.3 Å². The smallest absolute Gasteiger partial charge is 0.276 e. The normalized spacial score (nSPS) is 11.8. The number of hydrogen-bond acceptors (Lipinski definition) is 6. The minimum atomic E-state index is -0.910. The van der Waals surface area contributed by atoms with Crippen molar-refractivity contribution in [2.45, 2.75) is 12.5 Å². The molecule has 0 bridgehead atoms. The Morgan fingerprint density at radius 3 is 2.33 bits per heavy atom. The van der Waals surface area contributed by atoms with Crippen LogP contribution >= 0.6 is 0 Å². The fourth-order valence-corrected chi connectivity index (χ4v) is 2.88. The Labute approximate surface area is 155 Å². The van der Waals surface area contributed by atoms with Crippen LogP contribution in [0, 0.1) is 10.1 Å². The van der Waals surface area contributed by atoms with Crippen molar-refractivity contribution in [2.75, 3.05) is 14.2 Å². The molecular weight excluding hydrogens is 350 g/mol. The maximum Gasteiger partial charge on any atom is 0.276 e. The van der Waals surface area contributed by atoms with Gasteiger partial charge in [0.15, 0.2) is 11.5 Å². The van der Waals surface area contributed by atoms with E-state index >= 15 is 0 Å². The number of rotatable bonds is 7. The van der Waals surface area contributed by atoms with Gasteiger partial charge < -0.3 is 19.0 Å². The zero-order valence-corrected chi connectivity index (χ0v) is 14.9. The third-order valence-corrected chi connectivity index (χ3v) is 4.30. The van der Waals surface area contributed by atoms with Crippen LogP contribution in [0.25, 0.3) is 11.3 Å². The molecule has 0 aliphatic rings. The topological polar surface area (TPSA) is 95.0 Å². The Hall–Kier alpha value is -3.32. The quantitative estimate of drug-likeness (QED) is 0.497. The van der Waals surface area contributed by atoms with E-state index in [0.29, 0.717) is 16.9 Å². The van der Waals surface area contributed by atoms with Gasteiger partial charge in [0.1, 0.15) is 5.76 Å². The molecule has 0 amide bonds. The van der Waals surface area contributed by atoms with Gasteiger partial charge in [-0.3, -0.25) is 10.1 Å². The molecule has 0 aliphatic heterocycles. The first-order chi connectivity index (χ1) is 13.0. The van der Waals surface area contributed by atoms with Crippen molar-refractivity contribution in [1.29, 1.82) is 0 Å². The number of nitro benzene ring substituents is 1. The highest BCUT2D eigenvalue weighted by Gasteiger charge is 2.22. The van der Waals surface area contributed by atoms with Crippen LogP contribution in [0.1, 0.15) is 17.2 Å². The lowest BCUT2D eigenvalue weighted by Gasteiger charge is -2.14. The maximum atomic E-state index is 11.4. The molecule has 0 radical (unpaired) electrons. The Morgan fingerprint density at radius 2 is 1.78 bits per heavy atom. The lowest BCUT2D eigenvalue weighted by Crippen LogP contribution is -2.05. The van der Waals surface area contributed by atoms with E-state index in [1.165, 1.54) is 26.4 Å². The average Bonchev–Trinajstić information content (AvgIpc) is 3.22. The van der Waals surface area contributed by atoms with Crippen molar-refractivity contribution in [2.24, 2.45) is 0 Å². The van der Waals surface area contributed by atoms with Crippen LogP contribution in [0.4, 0.5) is 5.69 Å². The lowest BCUT2D eigenvalue weighted by molar-refractivity contribution is -0.385. The van der Waals surface area contributed by atoms with Crippen LogP contribution in [0.15, 0.2) is 59.2 Å². The fraction of sp³-hybridized carbons (Fsp3) is 0.200. The van der Waals surface area contributed by atoms with E-state index in [9.17, 15) is 15.2 Å². The van der Waals surface area contributed by atoms with Crippen LogP contribution in [-0.2, 0) is 6.42 Å².